The molecule has 0 saturated carbocycles. The van der Waals surface area contributed by atoms with Crippen molar-refractivity contribution in [3.63, 3.8) is 0 Å². The minimum atomic E-state index is -1.10. The van der Waals surface area contributed by atoms with Gasteiger partial charge in [0.05, 0.1) is 26.2 Å². The van der Waals surface area contributed by atoms with Crippen LogP contribution in [0.2, 0.25) is 0 Å². The second kappa shape index (κ2) is 7.75. The van der Waals surface area contributed by atoms with Gasteiger partial charge in [0.15, 0.2) is 0 Å². The van der Waals surface area contributed by atoms with E-state index in [1.807, 2.05) is 6.92 Å². The van der Waals surface area contributed by atoms with Crippen molar-refractivity contribution in [1.29, 1.82) is 0 Å². The zero-order valence-corrected chi connectivity index (χ0v) is 12.1. The minimum Gasteiger partial charge on any atom is -0.497 e. The van der Waals surface area contributed by atoms with Gasteiger partial charge in [-0.15, -0.1) is 0 Å². The highest BCUT2D eigenvalue weighted by Crippen LogP contribution is 2.35. The van der Waals surface area contributed by atoms with Crippen molar-refractivity contribution < 1.29 is 24.5 Å². The number of hydrogen-bond acceptors (Lipinski definition) is 4. The van der Waals surface area contributed by atoms with Crippen LogP contribution in [0.3, 0.4) is 0 Å². The standard InChI is InChI=1S/C15H22O5/c1-4-5-6-12(15(17)18)14(16)11-8-7-10(19-2)9-13(11)20-3/h7-9,12,14,16H,4-6H2,1-3H3,(H,17,18). The largest absolute Gasteiger partial charge is 0.497 e. The van der Waals surface area contributed by atoms with E-state index in [0.29, 0.717) is 23.5 Å². The van der Waals surface area contributed by atoms with Crippen LogP contribution in [0, 0.1) is 5.92 Å². The predicted molar refractivity (Wildman–Crippen MR) is 75.2 cm³/mol. The lowest BCUT2D eigenvalue weighted by Crippen LogP contribution is -2.22. The molecule has 0 aromatic heterocycles. The fraction of sp³-hybridized carbons (Fsp3) is 0.533. The summed E-state index contributed by atoms with van der Waals surface area (Å²) >= 11 is 0. The Labute approximate surface area is 119 Å². The summed E-state index contributed by atoms with van der Waals surface area (Å²) in [7, 11) is 3.01. The monoisotopic (exact) mass is 282 g/mol. The van der Waals surface area contributed by atoms with Gasteiger partial charge in [-0.05, 0) is 18.6 Å². The number of aliphatic hydroxyl groups excluding tert-OH is 1. The van der Waals surface area contributed by atoms with Gasteiger partial charge in [-0.2, -0.15) is 0 Å². The first-order valence-corrected chi connectivity index (χ1v) is 6.67. The molecule has 0 aliphatic heterocycles. The van der Waals surface area contributed by atoms with E-state index in [2.05, 4.69) is 0 Å². The molecular formula is C15H22O5. The SMILES string of the molecule is CCCCC(C(=O)O)C(O)c1ccc(OC)cc1OC. The third-order valence-electron chi connectivity index (χ3n) is 3.33. The highest BCUT2D eigenvalue weighted by molar-refractivity contribution is 5.71. The maximum Gasteiger partial charge on any atom is 0.309 e. The van der Waals surface area contributed by atoms with E-state index in [-0.39, 0.29) is 0 Å². The smallest absolute Gasteiger partial charge is 0.309 e. The fourth-order valence-electron chi connectivity index (χ4n) is 2.12. The van der Waals surface area contributed by atoms with Crippen LogP contribution < -0.4 is 9.47 Å². The average molecular weight is 282 g/mol. The average Bonchev–Trinajstić information content (AvgIpc) is 2.46. The molecule has 0 aliphatic rings. The number of aliphatic carboxylic acids is 1. The lowest BCUT2D eigenvalue weighted by Gasteiger charge is -2.21. The topological polar surface area (TPSA) is 76.0 Å². The Morgan fingerprint density at radius 1 is 1.30 bits per heavy atom. The third-order valence-corrected chi connectivity index (χ3v) is 3.33. The molecule has 0 bridgehead atoms. The van der Waals surface area contributed by atoms with E-state index < -0.39 is 18.0 Å². The van der Waals surface area contributed by atoms with Crippen molar-refractivity contribution in [2.45, 2.75) is 32.3 Å². The molecule has 1 aromatic carbocycles. The molecule has 0 amide bonds. The lowest BCUT2D eigenvalue weighted by atomic mass is 9.90. The van der Waals surface area contributed by atoms with Crippen molar-refractivity contribution in [2.24, 2.45) is 5.92 Å². The first-order chi connectivity index (χ1) is 9.54. The van der Waals surface area contributed by atoms with Crippen molar-refractivity contribution in [1.82, 2.24) is 0 Å². The van der Waals surface area contributed by atoms with Crippen LogP contribution in [-0.4, -0.2) is 30.4 Å². The molecular weight excluding hydrogens is 260 g/mol. The molecule has 2 N–H and O–H groups in total. The molecule has 0 saturated heterocycles. The first-order valence-electron chi connectivity index (χ1n) is 6.67. The molecule has 0 spiro atoms. The van der Waals surface area contributed by atoms with E-state index >= 15 is 0 Å². The second-order valence-corrected chi connectivity index (χ2v) is 4.64. The van der Waals surface area contributed by atoms with Gasteiger partial charge < -0.3 is 19.7 Å². The fourth-order valence-corrected chi connectivity index (χ4v) is 2.12. The molecule has 112 valence electrons. The van der Waals surface area contributed by atoms with Gasteiger partial charge in [0.1, 0.15) is 11.5 Å². The number of unbranched alkanes of at least 4 members (excludes halogenated alkanes) is 1. The van der Waals surface area contributed by atoms with Crippen molar-refractivity contribution in [2.75, 3.05) is 14.2 Å². The Hall–Kier alpha value is -1.75. The highest BCUT2D eigenvalue weighted by Gasteiger charge is 2.29. The van der Waals surface area contributed by atoms with Crippen molar-refractivity contribution in [3.05, 3.63) is 23.8 Å². The molecule has 0 radical (unpaired) electrons. The summed E-state index contributed by atoms with van der Waals surface area (Å²) in [6, 6.07) is 4.96. The van der Waals surface area contributed by atoms with Crippen LogP contribution in [0.1, 0.15) is 37.9 Å². The Morgan fingerprint density at radius 3 is 2.50 bits per heavy atom. The van der Waals surface area contributed by atoms with Crippen LogP contribution in [0.15, 0.2) is 18.2 Å². The summed E-state index contributed by atoms with van der Waals surface area (Å²) in [5.41, 5.74) is 0.469. The summed E-state index contributed by atoms with van der Waals surface area (Å²) < 4.78 is 10.3. The van der Waals surface area contributed by atoms with Crippen LogP contribution >= 0.6 is 0 Å². The quantitative estimate of drug-likeness (QED) is 0.766. The summed E-state index contributed by atoms with van der Waals surface area (Å²) in [6.07, 6.45) is 0.977. The van der Waals surface area contributed by atoms with Gasteiger partial charge in [-0.1, -0.05) is 19.8 Å². The van der Waals surface area contributed by atoms with Gasteiger partial charge in [0, 0.05) is 11.6 Å². The second-order valence-electron chi connectivity index (χ2n) is 4.64. The van der Waals surface area contributed by atoms with Crippen LogP contribution in [0.25, 0.3) is 0 Å². The molecule has 5 nitrogen and oxygen atoms in total. The summed E-state index contributed by atoms with van der Waals surface area (Å²) in [5.74, 6) is -0.807. The number of hydrogen-bond donors (Lipinski definition) is 2. The van der Waals surface area contributed by atoms with E-state index in [4.69, 9.17) is 9.47 Å². The van der Waals surface area contributed by atoms with Gasteiger partial charge in [-0.25, -0.2) is 0 Å². The molecule has 2 unspecified atom stereocenters. The van der Waals surface area contributed by atoms with Gasteiger partial charge in [0.25, 0.3) is 0 Å². The molecule has 1 aromatic rings. The van der Waals surface area contributed by atoms with E-state index in [1.165, 1.54) is 14.2 Å². The molecule has 0 aliphatic carbocycles. The Balaban J connectivity index is 3.04. The van der Waals surface area contributed by atoms with E-state index in [1.54, 1.807) is 18.2 Å². The number of carboxylic acid groups (broad SMARTS) is 1. The zero-order valence-electron chi connectivity index (χ0n) is 12.1. The first kappa shape index (κ1) is 16.3. The molecule has 20 heavy (non-hydrogen) atoms. The summed E-state index contributed by atoms with van der Waals surface area (Å²) in [6.45, 7) is 1.99. The number of carbonyl (C=O) groups is 1. The molecule has 1 rings (SSSR count). The van der Waals surface area contributed by atoms with Gasteiger partial charge >= 0.3 is 5.97 Å². The van der Waals surface area contributed by atoms with E-state index in [0.717, 1.165) is 12.8 Å². The lowest BCUT2D eigenvalue weighted by molar-refractivity contribution is -0.146. The molecule has 5 heteroatoms. The van der Waals surface area contributed by atoms with Crippen LogP contribution in [0.4, 0.5) is 0 Å². The Kier molecular flexibility index (Phi) is 6.31. The Morgan fingerprint density at radius 2 is 2.00 bits per heavy atom. The summed E-state index contributed by atoms with van der Waals surface area (Å²) in [5, 5.41) is 19.6. The maximum atomic E-state index is 11.3. The van der Waals surface area contributed by atoms with Crippen molar-refractivity contribution >= 4 is 5.97 Å². The van der Waals surface area contributed by atoms with Crippen LogP contribution in [-0.2, 0) is 4.79 Å². The highest BCUT2D eigenvalue weighted by atomic mass is 16.5. The Bertz CT molecular complexity index is 444. The zero-order chi connectivity index (χ0) is 15.1. The number of benzene rings is 1. The predicted octanol–water partition coefficient (Wildman–Crippen LogP) is 2.63. The number of methoxy groups -OCH3 is 2. The third kappa shape index (κ3) is 3.87. The number of rotatable bonds is 8. The minimum absolute atomic E-state index is 0.430. The number of ether oxygens (including phenoxy) is 2. The molecule has 2 atom stereocenters. The van der Waals surface area contributed by atoms with Gasteiger partial charge in [0.2, 0.25) is 0 Å². The van der Waals surface area contributed by atoms with E-state index in [9.17, 15) is 15.0 Å². The van der Waals surface area contributed by atoms with Gasteiger partial charge in [-0.3, -0.25) is 4.79 Å². The van der Waals surface area contributed by atoms with Crippen LogP contribution in [0.5, 0.6) is 11.5 Å². The molecule has 0 fully saturated rings. The van der Waals surface area contributed by atoms with Crippen molar-refractivity contribution in [3.8, 4) is 11.5 Å². The number of carboxylic acids is 1. The summed E-state index contributed by atoms with van der Waals surface area (Å²) in [4.78, 5) is 11.3. The molecule has 0 heterocycles. The maximum absolute atomic E-state index is 11.3. The normalized spacial score (nSPS) is 13.6. The number of aliphatic hydroxyl groups is 1.